The Morgan fingerprint density at radius 2 is 2.50 bits per heavy atom. The fraction of sp³-hybridized carbons (Fsp3) is 0.545. The van der Waals surface area contributed by atoms with Crippen molar-refractivity contribution in [2.75, 3.05) is 6.54 Å². The van der Waals surface area contributed by atoms with E-state index in [9.17, 15) is 4.79 Å². The molecule has 1 aliphatic rings. The predicted molar refractivity (Wildman–Crippen MR) is 61.1 cm³/mol. The molecule has 0 unspecified atom stereocenters. The Morgan fingerprint density at radius 3 is 2.94 bits per heavy atom. The van der Waals surface area contributed by atoms with Crippen LogP contribution in [0.1, 0.15) is 34.6 Å². The monoisotopic (exact) mass is 235 g/mol. The van der Waals surface area contributed by atoms with Crippen LogP contribution in [0.3, 0.4) is 0 Å². The molecule has 1 aliphatic carbocycles. The molecule has 0 saturated heterocycles. The minimum Gasteiger partial charge on any atom is -0.349 e. The van der Waals surface area contributed by atoms with Crippen molar-refractivity contribution < 1.29 is 4.79 Å². The fourth-order valence-electron chi connectivity index (χ4n) is 1.75. The van der Waals surface area contributed by atoms with Gasteiger partial charge in [-0.1, -0.05) is 6.42 Å². The largest absolute Gasteiger partial charge is 0.349 e. The molecule has 84 valence electrons. The summed E-state index contributed by atoms with van der Waals surface area (Å²) in [6.45, 7) is 2.36. The molecule has 1 heterocycles. The van der Waals surface area contributed by atoms with Gasteiger partial charge < -0.3 is 5.32 Å². The lowest BCUT2D eigenvalue weighted by atomic mass is 9.70. The Kier molecular flexibility index (Phi) is 2.92. The second kappa shape index (κ2) is 4.22. The Bertz CT molecular complexity index is 442. The van der Waals surface area contributed by atoms with Crippen LogP contribution in [0.15, 0.2) is 6.07 Å². The molecule has 1 fully saturated rings. The smallest absolute Gasteiger partial charge is 0.271 e. The first-order valence-electron chi connectivity index (χ1n) is 5.28. The van der Waals surface area contributed by atoms with Crippen molar-refractivity contribution >= 4 is 17.4 Å². The maximum absolute atomic E-state index is 11.7. The van der Waals surface area contributed by atoms with E-state index in [1.54, 1.807) is 6.07 Å². The fourth-order valence-corrected chi connectivity index (χ4v) is 2.29. The van der Waals surface area contributed by atoms with Crippen LogP contribution in [0.25, 0.3) is 0 Å². The molecular formula is C11H13N3OS. The van der Waals surface area contributed by atoms with Crippen LogP contribution in [0.5, 0.6) is 0 Å². The van der Waals surface area contributed by atoms with Crippen LogP contribution < -0.4 is 5.32 Å². The van der Waals surface area contributed by atoms with Gasteiger partial charge in [-0.05, 0) is 37.4 Å². The second-order valence-corrected chi connectivity index (χ2v) is 5.26. The van der Waals surface area contributed by atoms with E-state index >= 15 is 0 Å². The van der Waals surface area contributed by atoms with Crippen molar-refractivity contribution in [2.24, 2.45) is 5.41 Å². The van der Waals surface area contributed by atoms with Crippen molar-refractivity contribution in [3.05, 3.63) is 16.6 Å². The van der Waals surface area contributed by atoms with Gasteiger partial charge in [0.1, 0.15) is 5.69 Å². The molecule has 5 heteroatoms. The van der Waals surface area contributed by atoms with Gasteiger partial charge in [0.15, 0.2) is 0 Å². The van der Waals surface area contributed by atoms with Crippen LogP contribution in [0, 0.1) is 23.7 Å². The molecule has 0 atom stereocenters. The average Bonchev–Trinajstić information content (AvgIpc) is 2.64. The lowest BCUT2D eigenvalue weighted by Gasteiger charge is -2.34. The number of nitrogens with zero attached hydrogens (tertiary/aromatic N) is 2. The third-order valence-electron chi connectivity index (χ3n) is 3.00. The van der Waals surface area contributed by atoms with Gasteiger partial charge in [0.2, 0.25) is 0 Å². The van der Waals surface area contributed by atoms with Gasteiger partial charge in [0.05, 0.1) is 11.5 Å². The molecule has 0 aliphatic heterocycles. The Balaban J connectivity index is 1.91. The highest BCUT2D eigenvalue weighted by Gasteiger charge is 2.37. The Labute approximate surface area is 98.5 Å². The van der Waals surface area contributed by atoms with E-state index in [0.717, 1.165) is 24.1 Å². The quantitative estimate of drug-likeness (QED) is 0.869. The zero-order valence-corrected chi connectivity index (χ0v) is 9.93. The molecular weight excluding hydrogens is 222 g/mol. The summed E-state index contributed by atoms with van der Waals surface area (Å²) in [4.78, 5) is 12.7. The van der Waals surface area contributed by atoms with Crippen molar-refractivity contribution in [3.63, 3.8) is 0 Å². The van der Waals surface area contributed by atoms with E-state index in [1.807, 2.05) is 6.92 Å². The number of aromatic nitrogens is 1. The summed E-state index contributed by atoms with van der Waals surface area (Å²) in [6, 6.07) is 4.06. The van der Waals surface area contributed by atoms with E-state index in [0.29, 0.717) is 12.2 Å². The number of hydrogen-bond acceptors (Lipinski definition) is 4. The van der Waals surface area contributed by atoms with Crippen LogP contribution in [0.2, 0.25) is 0 Å². The number of nitriles is 1. The Morgan fingerprint density at radius 1 is 1.75 bits per heavy atom. The SMILES string of the molecule is Cc1cc(C(=O)NCC2(C#N)CCC2)ns1. The van der Waals surface area contributed by atoms with Crippen molar-refractivity contribution in [2.45, 2.75) is 26.2 Å². The lowest BCUT2D eigenvalue weighted by Crippen LogP contribution is -2.41. The van der Waals surface area contributed by atoms with Crippen LogP contribution in [-0.2, 0) is 0 Å². The number of rotatable bonds is 3. The third kappa shape index (κ3) is 2.07. The first kappa shape index (κ1) is 11.1. The number of hydrogen-bond donors (Lipinski definition) is 1. The summed E-state index contributed by atoms with van der Waals surface area (Å²) >= 11 is 1.32. The molecule has 1 saturated carbocycles. The predicted octanol–water partition coefficient (Wildman–Crippen LogP) is 1.88. The number of aryl methyl sites for hydroxylation is 1. The molecule has 1 amide bonds. The van der Waals surface area contributed by atoms with Gasteiger partial charge in [-0.25, -0.2) is 0 Å². The van der Waals surface area contributed by atoms with Gasteiger partial charge in [0, 0.05) is 11.4 Å². The summed E-state index contributed by atoms with van der Waals surface area (Å²) in [7, 11) is 0. The summed E-state index contributed by atoms with van der Waals surface area (Å²) in [5.41, 5.74) is 0.135. The summed E-state index contributed by atoms with van der Waals surface area (Å²) in [5, 5.41) is 11.8. The Hall–Kier alpha value is -1.41. The molecule has 0 bridgehead atoms. The lowest BCUT2D eigenvalue weighted by molar-refractivity contribution is 0.0915. The average molecular weight is 235 g/mol. The number of carbonyl (C=O) groups is 1. The van der Waals surface area contributed by atoms with Gasteiger partial charge in [-0.15, -0.1) is 0 Å². The highest BCUT2D eigenvalue weighted by atomic mass is 32.1. The van der Waals surface area contributed by atoms with Crippen molar-refractivity contribution in [3.8, 4) is 6.07 Å². The molecule has 4 nitrogen and oxygen atoms in total. The zero-order valence-electron chi connectivity index (χ0n) is 9.12. The van der Waals surface area contributed by atoms with Gasteiger partial charge in [0.25, 0.3) is 5.91 Å². The summed E-state index contributed by atoms with van der Waals surface area (Å²) in [6.07, 6.45) is 2.86. The normalized spacial score (nSPS) is 17.2. The van der Waals surface area contributed by atoms with E-state index < -0.39 is 0 Å². The van der Waals surface area contributed by atoms with E-state index in [-0.39, 0.29) is 11.3 Å². The zero-order chi connectivity index (χ0) is 11.6. The summed E-state index contributed by atoms with van der Waals surface area (Å²) < 4.78 is 4.03. The molecule has 1 aromatic heterocycles. The highest BCUT2D eigenvalue weighted by Crippen LogP contribution is 2.39. The van der Waals surface area contributed by atoms with Crippen LogP contribution in [0.4, 0.5) is 0 Å². The van der Waals surface area contributed by atoms with Crippen LogP contribution in [-0.4, -0.2) is 16.8 Å². The van der Waals surface area contributed by atoms with Gasteiger partial charge >= 0.3 is 0 Å². The first-order chi connectivity index (χ1) is 7.65. The summed E-state index contributed by atoms with van der Waals surface area (Å²) in [5.74, 6) is -0.175. The standard InChI is InChI=1S/C11H13N3OS/c1-8-5-9(14-16-8)10(15)13-7-11(6-12)3-2-4-11/h5H,2-4,7H2,1H3,(H,13,15). The van der Waals surface area contributed by atoms with E-state index in [2.05, 4.69) is 15.8 Å². The number of amides is 1. The minimum atomic E-state index is -0.319. The van der Waals surface area contributed by atoms with Crippen LogP contribution >= 0.6 is 11.5 Å². The van der Waals surface area contributed by atoms with Gasteiger partial charge in [-0.2, -0.15) is 9.64 Å². The minimum absolute atomic E-state index is 0.175. The molecule has 0 spiro atoms. The third-order valence-corrected chi connectivity index (χ3v) is 3.69. The van der Waals surface area contributed by atoms with Crippen molar-refractivity contribution in [1.82, 2.24) is 9.69 Å². The number of nitrogens with one attached hydrogen (secondary N) is 1. The first-order valence-corrected chi connectivity index (χ1v) is 6.05. The topological polar surface area (TPSA) is 65.8 Å². The van der Waals surface area contributed by atoms with Crippen molar-refractivity contribution in [1.29, 1.82) is 5.26 Å². The number of carbonyl (C=O) groups excluding carboxylic acids is 1. The highest BCUT2D eigenvalue weighted by molar-refractivity contribution is 7.05. The van der Waals surface area contributed by atoms with E-state index in [1.165, 1.54) is 11.5 Å². The molecule has 2 rings (SSSR count). The molecule has 0 radical (unpaired) electrons. The van der Waals surface area contributed by atoms with Gasteiger partial charge in [-0.3, -0.25) is 4.79 Å². The molecule has 1 N–H and O–H groups in total. The molecule has 1 aromatic rings. The maximum atomic E-state index is 11.7. The second-order valence-electron chi connectivity index (χ2n) is 4.25. The maximum Gasteiger partial charge on any atom is 0.271 e. The molecule has 16 heavy (non-hydrogen) atoms. The van der Waals surface area contributed by atoms with E-state index in [4.69, 9.17) is 5.26 Å². The molecule has 0 aromatic carbocycles.